The number of hydrogen-bond donors (Lipinski definition) is 0. The summed E-state index contributed by atoms with van der Waals surface area (Å²) in [7, 11) is 3.17. The van der Waals surface area contributed by atoms with Crippen LogP contribution in [0, 0.1) is 0 Å². The molecule has 168 valence electrons. The Balaban J connectivity index is 1.82. The topological polar surface area (TPSA) is 66.8 Å². The van der Waals surface area contributed by atoms with Crippen molar-refractivity contribution >= 4 is 16.7 Å². The van der Waals surface area contributed by atoms with Crippen LogP contribution in [0.4, 0.5) is 0 Å². The molecule has 4 aromatic rings. The Morgan fingerprint density at radius 1 is 0.848 bits per heavy atom. The highest BCUT2D eigenvalue weighted by Gasteiger charge is 2.18. The zero-order valence-electron chi connectivity index (χ0n) is 18.8. The molecule has 0 N–H and O–H groups in total. The molecule has 0 unspecified atom stereocenters. The number of hydrogen-bond acceptors (Lipinski definition) is 5. The fourth-order valence-electron chi connectivity index (χ4n) is 3.75. The molecule has 0 saturated carbocycles. The van der Waals surface area contributed by atoms with Crippen LogP contribution in [-0.2, 0) is 6.54 Å². The lowest BCUT2D eigenvalue weighted by Crippen LogP contribution is -2.20. The van der Waals surface area contributed by atoms with E-state index in [0.717, 1.165) is 16.8 Å². The van der Waals surface area contributed by atoms with Crippen molar-refractivity contribution in [3.63, 3.8) is 0 Å². The molecule has 0 aliphatic heterocycles. The minimum atomic E-state index is -0.337. The quantitative estimate of drug-likeness (QED) is 0.370. The zero-order valence-corrected chi connectivity index (χ0v) is 18.8. The number of ether oxygens (including phenoxy) is 3. The third-order valence-electron chi connectivity index (χ3n) is 5.47. The average molecular weight is 443 g/mol. The molecule has 0 saturated heterocycles. The van der Waals surface area contributed by atoms with Crippen molar-refractivity contribution in [3.8, 4) is 17.2 Å². The number of benzene rings is 3. The number of ketones is 1. The number of carbonyl (C=O) groups is 1. The fourth-order valence-corrected chi connectivity index (χ4v) is 3.75. The van der Waals surface area contributed by atoms with Crippen molar-refractivity contribution in [2.24, 2.45) is 0 Å². The highest BCUT2D eigenvalue weighted by Crippen LogP contribution is 2.22. The summed E-state index contributed by atoms with van der Waals surface area (Å²) in [6, 6.07) is 19.8. The van der Waals surface area contributed by atoms with Crippen LogP contribution in [0.15, 0.2) is 77.7 Å². The number of carbonyl (C=O) groups excluding carboxylic acids is 1. The largest absolute Gasteiger partial charge is 0.497 e. The molecule has 0 bridgehead atoms. The van der Waals surface area contributed by atoms with E-state index in [4.69, 9.17) is 14.2 Å². The first-order valence-corrected chi connectivity index (χ1v) is 10.7. The molecule has 0 aliphatic carbocycles. The summed E-state index contributed by atoms with van der Waals surface area (Å²) in [5, 5.41) is 0.430. The number of pyridine rings is 1. The Kier molecular flexibility index (Phi) is 6.45. The van der Waals surface area contributed by atoms with Crippen molar-refractivity contribution in [2.45, 2.75) is 13.5 Å². The molecular weight excluding hydrogens is 418 g/mol. The first-order valence-electron chi connectivity index (χ1n) is 10.7. The van der Waals surface area contributed by atoms with Gasteiger partial charge in [-0.1, -0.05) is 12.1 Å². The first-order chi connectivity index (χ1) is 16.0. The maximum Gasteiger partial charge on any atom is 0.200 e. The van der Waals surface area contributed by atoms with E-state index >= 15 is 0 Å². The maximum atomic E-state index is 13.3. The molecule has 6 nitrogen and oxygen atoms in total. The molecule has 0 atom stereocenters. The molecule has 0 aliphatic rings. The maximum absolute atomic E-state index is 13.3. The molecule has 1 aromatic heterocycles. The van der Waals surface area contributed by atoms with Gasteiger partial charge in [0, 0.05) is 18.3 Å². The molecule has 6 heteroatoms. The van der Waals surface area contributed by atoms with Crippen LogP contribution in [0.25, 0.3) is 10.9 Å². The zero-order chi connectivity index (χ0) is 23.4. The van der Waals surface area contributed by atoms with Crippen molar-refractivity contribution in [1.82, 2.24) is 4.57 Å². The summed E-state index contributed by atoms with van der Waals surface area (Å²) < 4.78 is 17.9. The average Bonchev–Trinajstić information content (AvgIpc) is 2.86. The van der Waals surface area contributed by atoms with Crippen LogP contribution in [0.1, 0.15) is 28.4 Å². The van der Waals surface area contributed by atoms with Gasteiger partial charge < -0.3 is 18.8 Å². The summed E-state index contributed by atoms with van der Waals surface area (Å²) in [4.78, 5) is 26.7. The van der Waals surface area contributed by atoms with Crippen LogP contribution >= 0.6 is 0 Å². The summed E-state index contributed by atoms with van der Waals surface area (Å²) in [6.07, 6.45) is 1.64. The van der Waals surface area contributed by atoms with Crippen LogP contribution in [0.2, 0.25) is 0 Å². The summed E-state index contributed by atoms with van der Waals surface area (Å²) in [5.74, 6) is 1.66. The predicted octanol–water partition coefficient (Wildman–Crippen LogP) is 4.70. The van der Waals surface area contributed by atoms with Gasteiger partial charge in [0.25, 0.3) is 0 Å². The van der Waals surface area contributed by atoms with E-state index in [1.54, 1.807) is 56.8 Å². The van der Waals surface area contributed by atoms with E-state index in [0.29, 0.717) is 35.6 Å². The molecule has 0 radical (unpaired) electrons. The van der Waals surface area contributed by atoms with Gasteiger partial charge in [0.1, 0.15) is 17.2 Å². The predicted molar refractivity (Wildman–Crippen MR) is 128 cm³/mol. The number of methoxy groups -OCH3 is 2. The Hall–Kier alpha value is -4.06. The molecule has 33 heavy (non-hydrogen) atoms. The molecule has 0 spiro atoms. The lowest BCUT2D eigenvalue weighted by atomic mass is 10.0. The molecule has 4 rings (SSSR count). The van der Waals surface area contributed by atoms with Crippen LogP contribution in [0.5, 0.6) is 17.2 Å². The lowest BCUT2D eigenvalue weighted by molar-refractivity contribution is 0.103. The van der Waals surface area contributed by atoms with E-state index in [9.17, 15) is 9.59 Å². The first kappa shape index (κ1) is 22.1. The summed E-state index contributed by atoms with van der Waals surface area (Å²) in [6.45, 7) is 2.92. The summed E-state index contributed by atoms with van der Waals surface area (Å²) in [5.41, 5.74) is 1.94. The van der Waals surface area contributed by atoms with Gasteiger partial charge in [-0.25, -0.2) is 0 Å². The van der Waals surface area contributed by atoms with E-state index in [-0.39, 0.29) is 16.8 Å². The highest BCUT2D eigenvalue weighted by molar-refractivity contribution is 6.10. The molecule has 0 fully saturated rings. The Bertz CT molecular complexity index is 1340. The fraction of sp³-hybridized carbons (Fsp3) is 0.185. The Morgan fingerprint density at radius 3 is 2.12 bits per heavy atom. The molecule has 1 heterocycles. The molecule has 3 aromatic carbocycles. The SMILES string of the molecule is CCOc1ccc(C(=O)c2cn(Cc3ccc(OC)cc3)c3ccc(OC)cc3c2=O)cc1. The van der Waals surface area contributed by atoms with E-state index in [1.807, 2.05) is 41.8 Å². The van der Waals surface area contributed by atoms with Crippen molar-refractivity contribution in [3.05, 3.63) is 99.8 Å². The van der Waals surface area contributed by atoms with Gasteiger partial charge in [-0.3, -0.25) is 9.59 Å². The van der Waals surface area contributed by atoms with Gasteiger partial charge in [-0.05, 0) is 67.1 Å². The smallest absolute Gasteiger partial charge is 0.200 e. The van der Waals surface area contributed by atoms with Gasteiger partial charge in [0.05, 0.1) is 37.3 Å². The van der Waals surface area contributed by atoms with E-state index < -0.39 is 0 Å². The number of rotatable bonds is 8. The van der Waals surface area contributed by atoms with E-state index in [2.05, 4.69) is 0 Å². The minimum absolute atomic E-state index is 0.105. The van der Waals surface area contributed by atoms with Crippen LogP contribution < -0.4 is 19.6 Å². The molecule has 0 amide bonds. The third kappa shape index (κ3) is 4.60. The van der Waals surface area contributed by atoms with Gasteiger partial charge >= 0.3 is 0 Å². The Labute approximate surface area is 192 Å². The third-order valence-corrected chi connectivity index (χ3v) is 5.47. The van der Waals surface area contributed by atoms with Crippen molar-refractivity contribution in [1.29, 1.82) is 0 Å². The Morgan fingerprint density at radius 2 is 1.48 bits per heavy atom. The van der Waals surface area contributed by atoms with Crippen LogP contribution in [0.3, 0.4) is 0 Å². The van der Waals surface area contributed by atoms with E-state index in [1.165, 1.54) is 0 Å². The second kappa shape index (κ2) is 9.61. The van der Waals surface area contributed by atoms with Gasteiger partial charge in [-0.15, -0.1) is 0 Å². The number of aromatic nitrogens is 1. The van der Waals surface area contributed by atoms with Crippen LogP contribution in [-0.4, -0.2) is 31.2 Å². The van der Waals surface area contributed by atoms with Crippen molar-refractivity contribution in [2.75, 3.05) is 20.8 Å². The minimum Gasteiger partial charge on any atom is -0.497 e. The van der Waals surface area contributed by atoms with Gasteiger partial charge in [0.2, 0.25) is 5.43 Å². The number of fused-ring (bicyclic) bond motifs is 1. The van der Waals surface area contributed by atoms with Gasteiger partial charge in [-0.2, -0.15) is 0 Å². The normalized spacial score (nSPS) is 10.8. The second-order valence-electron chi connectivity index (χ2n) is 7.52. The second-order valence-corrected chi connectivity index (χ2v) is 7.52. The van der Waals surface area contributed by atoms with Crippen molar-refractivity contribution < 1.29 is 19.0 Å². The number of nitrogens with zero attached hydrogens (tertiary/aromatic N) is 1. The molecular formula is C27H25NO5. The summed E-state index contributed by atoms with van der Waals surface area (Å²) >= 11 is 0. The van der Waals surface area contributed by atoms with Gasteiger partial charge in [0.15, 0.2) is 5.78 Å². The highest BCUT2D eigenvalue weighted by atomic mass is 16.5. The monoisotopic (exact) mass is 443 g/mol. The standard InChI is InChI=1S/C27H25NO5/c1-4-33-21-11-7-19(8-12-21)26(29)24-17-28(16-18-5-9-20(31-2)10-6-18)25-14-13-22(32-3)15-23(25)27(24)30/h5-15,17H,4,16H2,1-3H3. The lowest BCUT2D eigenvalue weighted by Gasteiger charge is -2.15.